The maximum atomic E-state index is 13.7. The summed E-state index contributed by atoms with van der Waals surface area (Å²) in [4.78, 5) is 10.1. The van der Waals surface area contributed by atoms with Gasteiger partial charge in [-0.2, -0.15) is 0 Å². The van der Waals surface area contributed by atoms with Gasteiger partial charge in [-0.1, -0.05) is 0 Å². The Kier molecular flexibility index (Phi) is 4.49. The highest BCUT2D eigenvalue weighted by Crippen LogP contribution is 2.22. The summed E-state index contributed by atoms with van der Waals surface area (Å²) in [5.74, 6) is -0.207. The van der Waals surface area contributed by atoms with E-state index in [2.05, 4.69) is 0 Å². The van der Waals surface area contributed by atoms with Crippen molar-refractivity contribution in [3.05, 3.63) is 69.5 Å². The lowest BCUT2D eigenvalue weighted by molar-refractivity contribution is -0.384. The molecule has 0 radical (unpaired) electrons. The van der Waals surface area contributed by atoms with Crippen molar-refractivity contribution in [3.63, 3.8) is 0 Å². The van der Waals surface area contributed by atoms with Gasteiger partial charge in [-0.25, -0.2) is 4.39 Å². The fourth-order valence-electron chi connectivity index (χ4n) is 1.82. The highest BCUT2D eigenvalue weighted by Gasteiger charge is 2.09. The summed E-state index contributed by atoms with van der Waals surface area (Å²) >= 11 is 0. The molecule has 6 heteroatoms. The quantitative estimate of drug-likeness (QED) is 0.677. The van der Waals surface area contributed by atoms with Crippen molar-refractivity contribution >= 4 is 5.69 Å². The van der Waals surface area contributed by atoms with Crippen LogP contribution < -0.4 is 4.74 Å². The summed E-state index contributed by atoms with van der Waals surface area (Å²) < 4.78 is 19.1. The number of aliphatic hydroxyl groups is 1. The minimum Gasteiger partial charge on any atom is -0.489 e. The van der Waals surface area contributed by atoms with E-state index in [4.69, 9.17) is 4.74 Å². The van der Waals surface area contributed by atoms with E-state index < -0.39 is 16.8 Å². The Balaban J connectivity index is 2.02. The first-order valence-electron chi connectivity index (χ1n) is 6.31. The van der Waals surface area contributed by atoms with Crippen molar-refractivity contribution in [2.45, 2.75) is 19.6 Å². The number of rotatable bonds is 5. The highest BCUT2D eigenvalue weighted by atomic mass is 19.1. The lowest BCUT2D eigenvalue weighted by atomic mass is 10.1. The monoisotopic (exact) mass is 291 g/mol. The molecule has 2 rings (SSSR count). The van der Waals surface area contributed by atoms with E-state index in [-0.39, 0.29) is 17.9 Å². The average Bonchev–Trinajstić information content (AvgIpc) is 2.45. The topological polar surface area (TPSA) is 72.6 Å². The van der Waals surface area contributed by atoms with Crippen LogP contribution in [-0.4, -0.2) is 10.0 Å². The van der Waals surface area contributed by atoms with Gasteiger partial charge in [0.15, 0.2) is 0 Å². The maximum Gasteiger partial charge on any atom is 0.269 e. The van der Waals surface area contributed by atoms with E-state index in [0.29, 0.717) is 5.75 Å². The Morgan fingerprint density at radius 3 is 2.48 bits per heavy atom. The normalized spacial score (nSPS) is 12.0. The van der Waals surface area contributed by atoms with Gasteiger partial charge >= 0.3 is 0 Å². The Labute approximate surface area is 120 Å². The predicted molar refractivity (Wildman–Crippen MR) is 74.5 cm³/mol. The van der Waals surface area contributed by atoms with E-state index in [1.165, 1.54) is 31.2 Å². The van der Waals surface area contributed by atoms with Gasteiger partial charge in [0, 0.05) is 23.8 Å². The third-order valence-corrected chi connectivity index (χ3v) is 2.97. The molecular formula is C15H14FNO4. The molecule has 5 nitrogen and oxygen atoms in total. The van der Waals surface area contributed by atoms with E-state index in [1.807, 2.05) is 0 Å². The van der Waals surface area contributed by atoms with Crippen molar-refractivity contribution in [3.8, 4) is 5.75 Å². The SMILES string of the molecule is CC(O)c1ccc(OCc2ccc([N+](=O)[O-])cc2)cc1F. The van der Waals surface area contributed by atoms with Crippen LogP contribution in [0.2, 0.25) is 0 Å². The van der Waals surface area contributed by atoms with Crippen LogP contribution in [0.3, 0.4) is 0 Å². The molecule has 1 N–H and O–H groups in total. The fraction of sp³-hybridized carbons (Fsp3) is 0.200. The lowest BCUT2D eigenvalue weighted by Crippen LogP contribution is -1.99. The zero-order valence-electron chi connectivity index (χ0n) is 11.3. The van der Waals surface area contributed by atoms with Crippen LogP contribution in [0.4, 0.5) is 10.1 Å². The minimum absolute atomic E-state index is 0.00563. The molecule has 0 fully saturated rings. The maximum absolute atomic E-state index is 13.7. The molecular weight excluding hydrogens is 277 g/mol. The Morgan fingerprint density at radius 1 is 1.29 bits per heavy atom. The Bertz CT molecular complexity index is 641. The van der Waals surface area contributed by atoms with Crippen molar-refractivity contribution in [1.29, 1.82) is 0 Å². The summed E-state index contributed by atoms with van der Waals surface area (Å²) in [7, 11) is 0. The van der Waals surface area contributed by atoms with Crippen LogP contribution in [0.5, 0.6) is 5.75 Å². The largest absolute Gasteiger partial charge is 0.489 e. The van der Waals surface area contributed by atoms with Crippen LogP contribution in [0.15, 0.2) is 42.5 Å². The molecule has 0 saturated carbocycles. The average molecular weight is 291 g/mol. The number of aliphatic hydroxyl groups excluding tert-OH is 1. The molecule has 0 aromatic heterocycles. The van der Waals surface area contributed by atoms with Crippen molar-refractivity contribution in [2.24, 2.45) is 0 Å². The third kappa shape index (κ3) is 3.76. The van der Waals surface area contributed by atoms with E-state index in [1.54, 1.807) is 18.2 Å². The molecule has 2 aromatic carbocycles. The molecule has 0 bridgehead atoms. The summed E-state index contributed by atoms with van der Waals surface area (Å²) in [6.45, 7) is 1.65. The summed E-state index contributed by atoms with van der Waals surface area (Å²) in [5.41, 5.74) is 0.948. The fourth-order valence-corrected chi connectivity index (χ4v) is 1.82. The van der Waals surface area contributed by atoms with Crippen molar-refractivity contribution < 1.29 is 19.2 Å². The van der Waals surface area contributed by atoms with Crippen LogP contribution >= 0.6 is 0 Å². The van der Waals surface area contributed by atoms with Gasteiger partial charge in [0.05, 0.1) is 11.0 Å². The number of ether oxygens (including phenoxy) is 1. The number of nitro groups is 1. The number of hydrogen-bond donors (Lipinski definition) is 1. The van der Waals surface area contributed by atoms with Gasteiger partial charge in [0.25, 0.3) is 5.69 Å². The lowest BCUT2D eigenvalue weighted by Gasteiger charge is -2.10. The number of halogens is 1. The second kappa shape index (κ2) is 6.32. The summed E-state index contributed by atoms with van der Waals surface area (Å²) in [5, 5.41) is 19.9. The molecule has 0 aliphatic rings. The second-order valence-electron chi connectivity index (χ2n) is 4.57. The van der Waals surface area contributed by atoms with Gasteiger partial charge < -0.3 is 9.84 Å². The van der Waals surface area contributed by atoms with E-state index in [0.717, 1.165) is 5.56 Å². The molecule has 0 amide bonds. The van der Waals surface area contributed by atoms with E-state index >= 15 is 0 Å². The zero-order chi connectivity index (χ0) is 15.4. The molecule has 0 spiro atoms. The molecule has 0 aliphatic carbocycles. The van der Waals surface area contributed by atoms with Crippen molar-refractivity contribution in [2.75, 3.05) is 0 Å². The number of nitro benzene ring substituents is 1. The first-order chi connectivity index (χ1) is 9.97. The number of benzene rings is 2. The van der Waals surface area contributed by atoms with Crippen LogP contribution in [0.1, 0.15) is 24.2 Å². The second-order valence-corrected chi connectivity index (χ2v) is 4.57. The first-order valence-corrected chi connectivity index (χ1v) is 6.31. The van der Waals surface area contributed by atoms with Gasteiger partial charge in [-0.05, 0) is 36.8 Å². The Morgan fingerprint density at radius 2 is 1.95 bits per heavy atom. The molecule has 110 valence electrons. The van der Waals surface area contributed by atoms with Gasteiger partial charge in [-0.15, -0.1) is 0 Å². The molecule has 0 aliphatic heterocycles. The first kappa shape index (κ1) is 14.9. The molecule has 1 unspecified atom stereocenters. The molecule has 2 aromatic rings. The minimum atomic E-state index is -0.881. The van der Waals surface area contributed by atoms with E-state index in [9.17, 15) is 19.6 Å². The molecule has 0 saturated heterocycles. The van der Waals surface area contributed by atoms with Crippen molar-refractivity contribution in [1.82, 2.24) is 0 Å². The van der Waals surface area contributed by atoms with Gasteiger partial charge in [0.2, 0.25) is 0 Å². The zero-order valence-corrected chi connectivity index (χ0v) is 11.3. The molecule has 21 heavy (non-hydrogen) atoms. The van der Waals surface area contributed by atoms with Crippen LogP contribution in [0.25, 0.3) is 0 Å². The number of nitrogens with zero attached hydrogens (tertiary/aromatic N) is 1. The third-order valence-electron chi connectivity index (χ3n) is 2.97. The molecule has 0 heterocycles. The predicted octanol–water partition coefficient (Wildman–Crippen LogP) is 3.37. The summed E-state index contributed by atoms with van der Waals surface area (Å²) in [6.07, 6.45) is -0.881. The number of hydrogen-bond acceptors (Lipinski definition) is 4. The summed E-state index contributed by atoms with van der Waals surface area (Å²) in [6, 6.07) is 10.2. The smallest absolute Gasteiger partial charge is 0.269 e. The number of non-ortho nitro benzene ring substituents is 1. The Hall–Kier alpha value is -2.47. The highest BCUT2D eigenvalue weighted by molar-refractivity contribution is 5.33. The van der Waals surface area contributed by atoms with Gasteiger partial charge in [-0.3, -0.25) is 10.1 Å². The van der Waals surface area contributed by atoms with Crippen LogP contribution in [-0.2, 0) is 6.61 Å². The standard InChI is InChI=1S/C15H14FNO4/c1-10(18)14-7-6-13(8-15(14)16)21-9-11-2-4-12(5-3-11)17(19)20/h2-8,10,18H,9H2,1H3. The van der Waals surface area contributed by atoms with Gasteiger partial charge in [0.1, 0.15) is 18.2 Å². The molecule has 1 atom stereocenters. The van der Waals surface area contributed by atoms with Crippen LogP contribution in [0, 0.1) is 15.9 Å².